The fraction of sp³-hybridized carbons (Fsp3) is 0.444. The standard InChI is InChI=1S/C18H23N3O2S/c1-13-3-5-15(6-4-13)16(11-21-7-9-23-10-8-21)20-18(22)17-14(2)19-12-24-17/h3-6,12,16H,7-11H2,1-2H3,(H,20,22). The number of nitrogens with zero attached hydrogens (tertiary/aromatic N) is 2. The summed E-state index contributed by atoms with van der Waals surface area (Å²) in [7, 11) is 0. The Morgan fingerprint density at radius 3 is 2.62 bits per heavy atom. The first-order valence-electron chi connectivity index (χ1n) is 8.21. The molecule has 1 aromatic carbocycles. The van der Waals surface area contributed by atoms with Crippen LogP contribution in [0.2, 0.25) is 0 Å². The van der Waals surface area contributed by atoms with Crippen molar-refractivity contribution in [3.05, 3.63) is 51.5 Å². The van der Waals surface area contributed by atoms with Gasteiger partial charge in [0.1, 0.15) is 4.88 Å². The number of aromatic nitrogens is 1. The second kappa shape index (κ2) is 7.88. The molecule has 3 rings (SSSR count). The lowest BCUT2D eigenvalue weighted by Gasteiger charge is -2.31. The van der Waals surface area contributed by atoms with Crippen molar-refractivity contribution in [1.82, 2.24) is 15.2 Å². The summed E-state index contributed by atoms with van der Waals surface area (Å²) in [6.45, 7) is 8.03. The SMILES string of the molecule is Cc1ccc(C(CN2CCOCC2)NC(=O)c2scnc2C)cc1. The van der Waals surface area contributed by atoms with E-state index in [0.29, 0.717) is 4.88 Å². The second-order valence-corrected chi connectivity index (χ2v) is 6.97. The highest BCUT2D eigenvalue weighted by Gasteiger charge is 2.22. The molecular weight excluding hydrogens is 322 g/mol. The number of aryl methyl sites for hydroxylation is 2. The predicted molar refractivity (Wildman–Crippen MR) is 95.5 cm³/mol. The molecule has 6 heteroatoms. The van der Waals surface area contributed by atoms with Gasteiger partial charge in [-0.15, -0.1) is 11.3 Å². The Kier molecular flexibility index (Phi) is 5.60. The van der Waals surface area contributed by atoms with Crippen LogP contribution in [0.5, 0.6) is 0 Å². The fourth-order valence-corrected chi connectivity index (χ4v) is 3.52. The largest absolute Gasteiger partial charge is 0.379 e. The molecule has 1 aliphatic rings. The minimum absolute atomic E-state index is 0.0438. The van der Waals surface area contributed by atoms with Crippen LogP contribution >= 0.6 is 11.3 Å². The average molecular weight is 345 g/mol. The molecule has 1 N–H and O–H groups in total. The van der Waals surface area contributed by atoms with Crippen LogP contribution < -0.4 is 5.32 Å². The minimum atomic E-state index is -0.0474. The highest BCUT2D eigenvalue weighted by molar-refractivity contribution is 7.11. The number of thiazole rings is 1. The van der Waals surface area contributed by atoms with Crippen LogP contribution in [0.4, 0.5) is 0 Å². The molecule has 0 bridgehead atoms. The third-order valence-electron chi connectivity index (χ3n) is 4.28. The summed E-state index contributed by atoms with van der Waals surface area (Å²) in [5.41, 5.74) is 4.84. The summed E-state index contributed by atoms with van der Waals surface area (Å²) in [4.78, 5) is 19.8. The van der Waals surface area contributed by atoms with Gasteiger partial charge in [0, 0.05) is 19.6 Å². The Morgan fingerprint density at radius 2 is 2.00 bits per heavy atom. The van der Waals surface area contributed by atoms with Crippen LogP contribution in [0.1, 0.15) is 32.5 Å². The van der Waals surface area contributed by atoms with Gasteiger partial charge in [0.15, 0.2) is 0 Å². The molecule has 0 radical (unpaired) electrons. The van der Waals surface area contributed by atoms with E-state index in [1.54, 1.807) is 5.51 Å². The van der Waals surface area contributed by atoms with Crippen LogP contribution in [-0.4, -0.2) is 48.6 Å². The number of benzene rings is 1. The van der Waals surface area contributed by atoms with E-state index in [9.17, 15) is 4.79 Å². The number of rotatable bonds is 5. The molecule has 1 unspecified atom stereocenters. The topological polar surface area (TPSA) is 54.5 Å². The lowest BCUT2D eigenvalue weighted by Crippen LogP contribution is -2.43. The minimum Gasteiger partial charge on any atom is -0.379 e. The molecule has 1 aliphatic heterocycles. The van der Waals surface area contributed by atoms with Crippen molar-refractivity contribution in [1.29, 1.82) is 0 Å². The third-order valence-corrected chi connectivity index (χ3v) is 5.21. The van der Waals surface area contributed by atoms with Crippen LogP contribution in [0.25, 0.3) is 0 Å². The van der Waals surface area contributed by atoms with Crippen molar-refractivity contribution < 1.29 is 9.53 Å². The van der Waals surface area contributed by atoms with E-state index in [4.69, 9.17) is 4.74 Å². The van der Waals surface area contributed by atoms with E-state index >= 15 is 0 Å². The Hall–Kier alpha value is -1.76. The molecule has 5 nitrogen and oxygen atoms in total. The first-order chi connectivity index (χ1) is 11.6. The molecule has 1 saturated heterocycles. The van der Waals surface area contributed by atoms with Crippen molar-refractivity contribution in [3.8, 4) is 0 Å². The van der Waals surface area contributed by atoms with Gasteiger partial charge >= 0.3 is 0 Å². The molecule has 24 heavy (non-hydrogen) atoms. The summed E-state index contributed by atoms with van der Waals surface area (Å²) in [6, 6.07) is 8.33. The van der Waals surface area contributed by atoms with Gasteiger partial charge in [-0.1, -0.05) is 29.8 Å². The molecule has 2 heterocycles. The van der Waals surface area contributed by atoms with Crippen molar-refractivity contribution >= 4 is 17.2 Å². The Balaban J connectivity index is 1.77. The molecule has 0 spiro atoms. The predicted octanol–water partition coefficient (Wildman–Crippen LogP) is 2.56. The van der Waals surface area contributed by atoms with E-state index in [1.165, 1.54) is 16.9 Å². The molecular formula is C18H23N3O2S. The maximum absolute atomic E-state index is 12.6. The summed E-state index contributed by atoms with van der Waals surface area (Å²) in [5.74, 6) is -0.0474. The van der Waals surface area contributed by atoms with Gasteiger partial charge in [-0.05, 0) is 19.4 Å². The third kappa shape index (κ3) is 4.20. The number of morpholine rings is 1. The van der Waals surface area contributed by atoms with Crippen LogP contribution in [-0.2, 0) is 4.74 Å². The molecule has 1 atom stereocenters. The number of ether oxygens (including phenoxy) is 1. The van der Waals surface area contributed by atoms with E-state index < -0.39 is 0 Å². The maximum Gasteiger partial charge on any atom is 0.263 e. The molecule has 0 saturated carbocycles. The molecule has 1 aromatic heterocycles. The normalized spacial score (nSPS) is 16.8. The summed E-state index contributed by atoms with van der Waals surface area (Å²) in [6.07, 6.45) is 0. The van der Waals surface area contributed by atoms with Crippen LogP contribution in [0, 0.1) is 13.8 Å². The number of amides is 1. The fourth-order valence-electron chi connectivity index (χ4n) is 2.82. The maximum atomic E-state index is 12.6. The Morgan fingerprint density at radius 1 is 1.29 bits per heavy atom. The van der Waals surface area contributed by atoms with Gasteiger partial charge in [-0.3, -0.25) is 9.69 Å². The average Bonchev–Trinajstić information content (AvgIpc) is 3.02. The van der Waals surface area contributed by atoms with Gasteiger partial charge < -0.3 is 10.1 Å². The molecule has 2 aromatic rings. The van der Waals surface area contributed by atoms with Crippen LogP contribution in [0.15, 0.2) is 29.8 Å². The Labute approximate surface area is 146 Å². The summed E-state index contributed by atoms with van der Waals surface area (Å²) in [5, 5.41) is 3.19. The number of carbonyl (C=O) groups is 1. The molecule has 128 valence electrons. The van der Waals surface area contributed by atoms with E-state index in [-0.39, 0.29) is 11.9 Å². The van der Waals surface area contributed by atoms with Gasteiger partial charge in [0.05, 0.1) is 30.5 Å². The van der Waals surface area contributed by atoms with Gasteiger partial charge in [0.2, 0.25) is 0 Å². The molecule has 0 aliphatic carbocycles. The van der Waals surface area contributed by atoms with E-state index in [2.05, 4.69) is 46.4 Å². The number of hydrogen-bond acceptors (Lipinski definition) is 5. The smallest absolute Gasteiger partial charge is 0.263 e. The van der Waals surface area contributed by atoms with E-state index in [0.717, 1.165) is 44.1 Å². The zero-order valence-electron chi connectivity index (χ0n) is 14.1. The summed E-state index contributed by atoms with van der Waals surface area (Å²) < 4.78 is 5.42. The molecule has 1 amide bonds. The number of carbonyl (C=O) groups excluding carboxylic acids is 1. The van der Waals surface area contributed by atoms with Crippen molar-refractivity contribution in [2.75, 3.05) is 32.8 Å². The highest BCUT2D eigenvalue weighted by Crippen LogP contribution is 2.19. The van der Waals surface area contributed by atoms with Gasteiger partial charge in [0.25, 0.3) is 5.91 Å². The quantitative estimate of drug-likeness (QED) is 0.905. The van der Waals surface area contributed by atoms with Gasteiger partial charge in [-0.2, -0.15) is 0 Å². The highest BCUT2D eigenvalue weighted by atomic mass is 32.1. The van der Waals surface area contributed by atoms with Gasteiger partial charge in [-0.25, -0.2) is 4.98 Å². The Bertz CT molecular complexity index is 678. The van der Waals surface area contributed by atoms with E-state index in [1.807, 2.05) is 6.92 Å². The summed E-state index contributed by atoms with van der Waals surface area (Å²) >= 11 is 1.39. The number of nitrogens with one attached hydrogen (secondary N) is 1. The zero-order chi connectivity index (χ0) is 16.9. The second-order valence-electron chi connectivity index (χ2n) is 6.12. The van der Waals surface area contributed by atoms with Crippen molar-refractivity contribution in [3.63, 3.8) is 0 Å². The lowest BCUT2D eigenvalue weighted by molar-refractivity contribution is 0.0332. The first kappa shape index (κ1) is 17.1. The van der Waals surface area contributed by atoms with Crippen LogP contribution in [0.3, 0.4) is 0 Å². The van der Waals surface area contributed by atoms with Crippen molar-refractivity contribution in [2.24, 2.45) is 0 Å². The van der Waals surface area contributed by atoms with Crippen molar-refractivity contribution in [2.45, 2.75) is 19.9 Å². The zero-order valence-corrected chi connectivity index (χ0v) is 14.9. The first-order valence-corrected chi connectivity index (χ1v) is 9.09. The molecule has 1 fully saturated rings. The lowest BCUT2D eigenvalue weighted by atomic mass is 10.0. The monoisotopic (exact) mass is 345 g/mol. The number of hydrogen-bond donors (Lipinski definition) is 1.